The Labute approximate surface area is 151 Å². The summed E-state index contributed by atoms with van der Waals surface area (Å²) in [6.45, 7) is 0.662. The first-order chi connectivity index (χ1) is 12.2. The number of carbonyl (C=O) groups is 1. The summed E-state index contributed by atoms with van der Waals surface area (Å²) < 4.78 is 5.44. The van der Waals surface area contributed by atoms with Crippen LogP contribution in [0.15, 0.2) is 47.6 Å². The Balaban J connectivity index is 1.45. The van der Waals surface area contributed by atoms with Crippen molar-refractivity contribution in [1.82, 2.24) is 5.23 Å². The number of aliphatic carboxylic acids is 1. The molecular weight excluding hydrogens is 338 g/mol. The number of unbranched alkanes of at least 4 members (excludes halogenated alkanes) is 3. The molecule has 0 aromatic heterocycles. The molecular formula is C19H21NO4S. The van der Waals surface area contributed by atoms with E-state index in [1.807, 2.05) is 18.2 Å². The van der Waals surface area contributed by atoms with Crippen LogP contribution in [0.25, 0.3) is 16.8 Å². The number of nitrogens with zero attached hydrogens (tertiary/aromatic N) is 1. The third kappa shape index (κ3) is 5.49. The van der Waals surface area contributed by atoms with Gasteiger partial charge in [-0.15, -0.1) is 0 Å². The van der Waals surface area contributed by atoms with Crippen LogP contribution in [0.5, 0.6) is 0 Å². The van der Waals surface area contributed by atoms with Crippen LogP contribution in [0, 0.1) is 0 Å². The van der Waals surface area contributed by atoms with Crippen LogP contribution in [0.4, 0.5) is 0 Å². The molecule has 1 N–H and O–H groups in total. The highest BCUT2D eigenvalue weighted by atomic mass is 32.2. The van der Waals surface area contributed by atoms with Gasteiger partial charge in [0.1, 0.15) is 0 Å². The molecule has 2 aromatic rings. The Morgan fingerprint density at radius 1 is 1.08 bits per heavy atom. The molecule has 3 rings (SSSR count). The predicted octanol–water partition coefficient (Wildman–Crippen LogP) is 5.00. The normalized spacial score (nSPS) is 16.4. The second kappa shape index (κ2) is 8.89. The lowest BCUT2D eigenvalue weighted by Crippen LogP contribution is -2.16. The Morgan fingerprint density at radius 2 is 1.88 bits per heavy atom. The van der Waals surface area contributed by atoms with E-state index in [-0.39, 0.29) is 6.42 Å². The Morgan fingerprint density at radius 3 is 2.72 bits per heavy atom. The summed E-state index contributed by atoms with van der Waals surface area (Å²) in [7, 11) is 0. The summed E-state index contributed by atoms with van der Waals surface area (Å²) in [5, 5.41) is 13.2. The average Bonchev–Trinajstić information content (AvgIpc) is 3.05. The monoisotopic (exact) mass is 359 g/mol. The fourth-order valence-electron chi connectivity index (χ4n) is 2.65. The summed E-state index contributed by atoms with van der Waals surface area (Å²) >= 11 is 1.21. The second-order valence-electron chi connectivity index (χ2n) is 5.93. The maximum Gasteiger partial charge on any atom is 0.303 e. The van der Waals surface area contributed by atoms with Crippen LogP contribution in [0.2, 0.25) is 0 Å². The van der Waals surface area contributed by atoms with Crippen molar-refractivity contribution in [1.29, 1.82) is 0 Å². The number of rotatable bonds is 8. The maximum absolute atomic E-state index is 10.4. The van der Waals surface area contributed by atoms with E-state index in [1.165, 1.54) is 28.0 Å². The molecule has 0 radical (unpaired) electrons. The minimum absolute atomic E-state index is 0.241. The fraction of sp³-hybridized carbons (Fsp3) is 0.316. The van der Waals surface area contributed by atoms with Crippen LogP contribution < -0.4 is 0 Å². The van der Waals surface area contributed by atoms with Crippen molar-refractivity contribution in [2.75, 3.05) is 6.54 Å². The number of hydroxylamine groups is 2. The minimum Gasteiger partial charge on any atom is -0.481 e. The molecule has 0 aliphatic carbocycles. The smallest absolute Gasteiger partial charge is 0.303 e. The Kier molecular flexibility index (Phi) is 6.33. The second-order valence-corrected chi connectivity index (χ2v) is 6.65. The molecule has 1 aliphatic heterocycles. The van der Waals surface area contributed by atoms with Crippen LogP contribution >= 0.6 is 12.0 Å². The number of fused-ring (bicyclic) bond motifs is 1. The topological polar surface area (TPSA) is 59.0 Å². The van der Waals surface area contributed by atoms with E-state index in [1.54, 1.807) is 0 Å². The van der Waals surface area contributed by atoms with Crippen LogP contribution in [0.3, 0.4) is 0 Å². The standard InChI is InChI=1S/C19H21NO4S/c21-18(22)9-3-1-2-6-12-20-23-19(25-24-20)14-15-10-11-16-7-4-5-8-17(16)13-15/h4-5,7-8,10-11,13-14H,1-3,6,9,12H2,(H,21,22). The summed E-state index contributed by atoms with van der Waals surface area (Å²) in [6.07, 6.45) is 5.70. The van der Waals surface area contributed by atoms with Crippen molar-refractivity contribution in [3.8, 4) is 0 Å². The minimum atomic E-state index is -0.730. The van der Waals surface area contributed by atoms with Gasteiger partial charge in [0, 0.05) is 6.42 Å². The lowest BCUT2D eigenvalue weighted by Gasteiger charge is -2.09. The lowest BCUT2D eigenvalue weighted by atomic mass is 10.1. The summed E-state index contributed by atoms with van der Waals surface area (Å²) in [4.78, 5) is 16.1. The van der Waals surface area contributed by atoms with Crippen molar-refractivity contribution in [3.63, 3.8) is 0 Å². The molecule has 2 aromatic carbocycles. The van der Waals surface area contributed by atoms with E-state index in [2.05, 4.69) is 30.3 Å². The van der Waals surface area contributed by atoms with Gasteiger partial charge in [-0.25, -0.2) is 0 Å². The van der Waals surface area contributed by atoms with Gasteiger partial charge >= 0.3 is 5.97 Å². The number of benzene rings is 2. The van der Waals surface area contributed by atoms with Gasteiger partial charge in [-0.3, -0.25) is 4.79 Å². The van der Waals surface area contributed by atoms with Gasteiger partial charge < -0.3 is 9.94 Å². The molecule has 0 atom stereocenters. The number of carboxylic acids is 1. The van der Waals surface area contributed by atoms with Crippen molar-refractivity contribution in [2.24, 2.45) is 0 Å². The molecule has 1 heterocycles. The summed E-state index contributed by atoms with van der Waals surface area (Å²) in [6, 6.07) is 14.5. The molecule has 0 spiro atoms. The SMILES string of the molecule is O=C(O)CCCCCCN1OSC(=Cc2ccc3ccccc3c2)O1. The highest BCUT2D eigenvalue weighted by Crippen LogP contribution is 2.32. The number of hydrogen-bond acceptors (Lipinski definition) is 5. The molecule has 5 nitrogen and oxygen atoms in total. The van der Waals surface area contributed by atoms with Gasteiger partial charge in [-0.1, -0.05) is 49.2 Å². The third-order valence-corrected chi connectivity index (χ3v) is 4.53. The molecule has 1 fully saturated rings. The summed E-state index contributed by atoms with van der Waals surface area (Å²) in [5.74, 6) is -0.730. The van der Waals surface area contributed by atoms with E-state index in [0.29, 0.717) is 11.6 Å². The quantitative estimate of drug-likeness (QED) is 0.529. The van der Waals surface area contributed by atoms with Crippen molar-refractivity contribution >= 4 is 34.9 Å². The molecule has 25 heavy (non-hydrogen) atoms. The molecule has 0 bridgehead atoms. The molecule has 132 valence electrons. The fourth-order valence-corrected chi connectivity index (χ4v) is 3.21. The van der Waals surface area contributed by atoms with Crippen LogP contribution in [-0.4, -0.2) is 22.8 Å². The molecule has 1 saturated heterocycles. The molecule has 0 saturated carbocycles. The van der Waals surface area contributed by atoms with Gasteiger partial charge in [0.2, 0.25) is 5.09 Å². The van der Waals surface area contributed by atoms with E-state index in [4.69, 9.17) is 14.2 Å². The average molecular weight is 359 g/mol. The largest absolute Gasteiger partial charge is 0.481 e. The third-order valence-electron chi connectivity index (χ3n) is 3.93. The maximum atomic E-state index is 10.4. The predicted molar refractivity (Wildman–Crippen MR) is 99.1 cm³/mol. The van der Waals surface area contributed by atoms with Gasteiger partial charge in [0.15, 0.2) is 0 Å². The first kappa shape index (κ1) is 17.8. The van der Waals surface area contributed by atoms with Crippen LogP contribution in [-0.2, 0) is 13.9 Å². The molecule has 6 heteroatoms. The highest BCUT2D eigenvalue weighted by Gasteiger charge is 2.20. The number of carboxylic acid groups (broad SMARTS) is 1. The van der Waals surface area contributed by atoms with E-state index >= 15 is 0 Å². The zero-order chi connectivity index (χ0) is 17.5. The molecule has 0 unspecified atom stereocenters. The van der Waals surface area contributed by atoms with E-state index in [9.17, 15) is 4.79 Å². The Hall–Kier alpha value is -2.02. The first-order valence-corrected chi connectivity index (χ1v) is 9.17. The number of hydrogen-bond donors (Lipinski definition) is 1. The van der Waals surface area contributed by atoms with Crippen molar-refractivity contribution in [3.05, 3.63) is 53.1 Å². The van der Waals surface area contributed by atoms with Crippen LogP contribution in [0.1, 0.15) is 37.7 Å². The highest BCUT2D eigenvalue weighted by molar-refractivity contribution is 7.98. The van der Waals surface area contributed by atoms with Gasteiger partial charge in [0.25, 0.3) is 0 Å². The zero-order valence-electron chi connectivity index (χ0n) is 13.9. The van der Waals surface area contributed by atoms with Gasteiger partial charge in [0.05, 0.1) is 18.6 Å². The Bertz CT molecular complexity index is 762. The van der Waals surface area contributed by atoms with Crippen molar-refractivity contribution < 1.29 is 19.0 Å². The van der Waals surface area contributed by atoms with Crippen molar-refractivity contribution in [2.45, 2.75) is 32.1 Å². The summed E-state index contributed by atoms with van der Waals surface area (Å²) in [5.41, 5.74) is 1.07. The zero-order valence-corrected chi connectivity index (χ0v) is 14.7. The van der Waals surface area contributed by atoms with E-state index in [0.717, 1.165) is 31.2 Å². The molecule has 0 amide bonds. The molecule has 1 aliphatic rings. The first-order valence-electron chi connectivity index (χ1n) is 8.43. The van der Waals surface area contributed by atoms with Gasteiger partial charge in [-0.05, 0) is 46.5 Å². The van der Waals surface area contributed by atoms with Gasteiger partial charge in [-0.2, -0.15) is 4.28 Å². The lowest BCUT2D eigenvalue weighted by molar-refractivity contribution is -0.259. The van der Waals surface area contributed by atoms with E-state index < -0.39 is 5.97 Å².